The Morgan fingerprint density at radius 3 is 2.27 bits per heavy atom. The van der Waals surface area contributed by atoms with Crippen LogP contribution in [0.1, 0.15) is 33.6 Å². The molecule has 2 rings (SSSR count). The highest BCUT2D eigenvalue weighted by atomic mass is 79.9. The second-order valence-electron chi connectivity index (χ2n) is 6.39. The summed E-state index contributed by atoms with van der Waals surface area (Å²) in [5.41, 5.74) is 0. The van der Waals surface area contributed by atoms with E-state index in [9.17, 15) is 4.79 Å². The Morgan fingerprint density at radius 2 is 1.69 bits per heavy atom. The van der Waals surface area contributed by atoms with Crippen molar-refractivity contribution in [3.63, 3.8) is 0 Å². The van der Waals surface area contributed by atoms with Gasteiger partial charge in [-0.3, -0.25) is 4.79 Å². The van der Waals surface area contributed by atoms with E-state index in [0.29, 0.717) is 40.9 Å². The van der Waals surface area contributed by atoms with Crippen molar-refractivity contribution in [2.75, 3.05) is 20.8 Å². The smallest absolute Gasteiger partial charge is 0.308 e. The second-order valence-corrected chi connectivity index (χ2v) is 7.31. The van der Waals surface area contributed by atoms with Crippen molar-refractivity contribution < 1.29 is 23.7 Å². The van der Waals surface area contributed by atoms with E-state index < -0.39 is 5.97 Å². The van der Waals surface area contributed by atoms with Crippen molar-refractivity contribution in [2.24, 2.45) is 5.92 Å². The molecule has 0 atom stereocenters. The van der Waals surface area contributed by atoms with Crippen LogP contribution in [0.4, 0.5) is 0 Å². The lowest BCUT2D eigenvalue weighted by Crippen LogP contribution is -2.07. The van der Waals surface area contributed by atoms with E-state index in [0.717, 1.165) is 22.7 Å². The van der Waals surface area contributed by atoms with Crippen LogP contribution in [0.2, 0.25) is 0 Å². The van der Waals surface area contributed by atoms with Crippen LogP contribution in [0.3, 0.4) is 0 Å². The van der Waals surface area contributed by atoms with Gasteiger partial charge in [-0.25, -0.2) is 0 Å². The van der Waals surface area contributed by atoms with Crippen molar-refractivity contribution in [1.82, 2.24) is 0 Å². The number of ether oxygens (including phenoxy) is 4. The van der Waals surface area contributed by atoms with E-state index in [2.05, 4.69) is 29.8 Å². The minimum atomic E-state index is -0.433. The number of hydrogen-bond acceptors (Lipinski definition) is 5. The first-order valence-electron chi connectivity index (χ1n) is 8.57. The van der Waals surface area contributed by atoms with Gasteiger partial charge in [0.1, 0.15) is 0 Å². The first-order chi connectivity index (χ1) is 12.4. The maximum atomic E-state index is 11.6. The quantitative estimate of drug-likeness (QED) is 0.324. The molecular formula is C20H25BrO5. The fraction of sp³-hybridized carbons (Fsp3) is 0.450. The molecule has 2 aromatic carbocycles. The van der Waals surface area contributed by atoms with Crippen LogP contribution in [0.25, 0.3) is 10.8 Å². The Balaban J connectivity index is 2.60. The summed E-state index contributed by atoms with van der Waals surface area (Å²) in [5, 5.41) is 1.51. The third kappa shape index (κ3) is 4.61. The highest BCUT2D eigenvalue weighted by Crippen LogP contribution is 2.51. The zero-order valence-corrected chi connectivity index (χ0v) is 17.4. The third-order valence-corrected chi connectivity index (χ3v) is 4.41. The molecule has 0 heterocycles. The highest BCUT2D eigenvalue weighted by molar-refractivity contribution is 9.10. The zero-order chi connectivity index (χ0) is 19.3. The number of hydrogen-bond donors (Lipinski definition) is 0. The maximum absolute atomic E-state index is 11.6. The first kappa shape index (κ1) is 20.4. The number of carbonyl (C=O) groups is 1. The summed E-state index contributed by atoms with van der Waals surface area (Å²) in [6.07, 6.45) is 2.02. The minimum absolute atomic E-state index is 0.322. The lowest BCUT2D eigenvalue weighted by Gasteiger charge is -2.20. The van der Waals surface area contributed by atoms with Gasteiger partial charge in [-0.15, -0.1) is 0 Å². The monoisotopic (exact) mass is 424 g/mol. The number of benzene rings is 2. The second kappa shape index (κ2) is 9.12. The van der Waals surface area contributed by atoms with Gasteiger partial charge in [0.05, 0.1) is 20.8 Å². The summed E-state index contributed by atoms with van der Waals surface area (Å²) in [5.74, 6) is 1.86. The molecule has 0 saturated carbocycles. The van der Waals surface area contributed by atoms with E-state index in [1.807, 2.05) is 18.2 Å². The third-order valence-electron chi connectivity index (χ3n) is 3.92. The molecule has 0 spiro atoms. The van der Waals surface area contributed by atoms with Gasteiger partial charge in [-0.2, -0.15) is 0 Å². The molecule has 6 heteroatoms. The van der Waals surface area contributed by atoms with Gasteiger partial charge in [0.15, 0.2) is 11.5 Å². The van der Waals surface area contributed by atoms with Gasteiger partial charge in [0, 0.05) is 22.2 Å². The van der Waals surface area contributed by atoms with E-state index >= 15 is 0 Å². The summed E-state index contributed by atoms with van der Waals surface area (Å²) >= 11 is 3.47. The Labute approximate surface area is 162 Å². The molecule has 0 fully saturated rings. The standard InChI is InChI=1S/C20H25BrO5/c1-12(2)7-6-10-25-17-15-9-8-14(21)11-16(15)18(26-13(3)22)20(24-5)19(17)23-4/h8-9,11-12H,6-7,10H2,1-5H3. The molecule has 0 radical (unpaired) electrons. The number of halogens is 1. The predicted octanol–water partition coefficient (Wildman–Crippen LogP) is 5.36. The molecular weight excluding hydrogens is 400 g/mol. The average Bonchev–Trinajstić information content (AvgIpc) is 2.58. The number of fused-ring (bicyclic) bond motifs is 1. The fourth-order valence-corrected chi connectivity index (χ4v) is 3.14. The predicted molar refractivity (Wildman–Crippen MR) is 106 cm³/mol. The Bertz CT molecular complexity index is 786. The van der Waals surface area contributed by atoms with E-state index in [4.69, 9.17) is 18.9 Å². The van der Waals surface area contributed by atoms with Crippen LogP contribution in [0.15, 0.2) is 22.7 Å². The van der Waals surface area contributed by atoms with E-state index in [1.165, 1.54) is 14.0 Å². The van der Waals surface area contributed by atoms with Crippen LogP contribution in [-0.4, -0.2) is 26.8 Å². The van der Waals surface area contributed by atoms with Crippen LogP contribution >= 0.6 is 15.9 Å². The topological polar surface area (TPSA) is 54.0 Å². The largest absolute Gasteiger partial charge is 0.490 e. The number of carbonyl (C=O) groups excluding carboxylic acids is 1. The fourth-order valence-electron chi connectivity index (χ4n) is 2.78. The van der Waals surface area contributed by atoms with Crippen molar-refractivity contribution in [1.29, 1.82) is 0 Å². The van der Waals surface area contributed by atoms with Crippen molar-refractivity contribution >= 4 is 32.7 Å². The van der Waals surface area contributed by atoms with Crippen LogP contribution in [0, 0.1) is 5.92 Å². The molecule has 0 aromatic heterocycles. The average molecular weight is 425 g/mol. The summed E-state index contributed by atoms with van der Waals surface area (Å²) in [6.45, 7) is 6.29. The molecule has 5 nitrogen and oxygen atoms in total. The molecule has 0 saturated heterocycles. The molecule has 0 aliphatic rings. The van der Waals surface area contributed by atoms with Gasteiger partial charge in [-0.05, 0) is 37.0 Å². The Hall–Kier alpha value is -1.95. The molecule has 26 heavy (non-hydrogen) atoms. The highest BCUT2D eigenvalue weighted by Gasteiger charge is 2.25. The summed E-state index contributed by atoms with van der Waals surface area (Å²) in [6, 6.07) is 5.69. The number of esters is 1. The van der Waals surface area contributed by atoms with Gasteiger partial charge >= 0.3 is 5.97 Å². The van der Waals surface area contributed by atoms with Gasteiger partial charge in [0.25, 0.3) is 0 Å². The molecule has 2 aromatic rings. The summed E-state index contributed by atoms with van der Waals surface area (Å²) in [4.78, 5) is 11.6. The molecule has 0 bridgehead atoms. The van der Waals surface area contributed by atoms with E-state index in [1.54, 1.807) is 7.11 Å². The zero-order valence-electron chi connectivity index (χ0n) is 15.8. The normalized spacial score (nSPS) is 10.9. The van der Waals surface area contributed by atoms with Crippen LogP contribution in [0.5, 0.6) is 23.0 Å². The maximum Gasteiger partial charge on any atom is 0.308 e. The molecule has 0 amide bonds. The van der Waals surface area contributed by atoms with Gasteiger partial charge < -0.3 is 18.9 Å². The number of rotatable bonds is 8. The lowest BCUT2D eigenvalue weighted by molar-refractivity contribution is -0.131. The van der Waals surface area contributed by atoms with Crippen LogP contribution < -0.4 is 18.9 Å². The van der Waals surface area contributed by atoms with Crippen LogP contribution in [-0.2, 0) is 4.79 Å². The van der Waals surface area contributed by atoms with Crippen molar-refractivity contribution in [3.8, 4) is 23.0 Å². The van der Waals surface area contributed by atoms with Gasteiger partial charge in [-0.1, -0.05) is 29.8 Å². The summed E-state index contributed by atoms with van der Waals surface area (Å²) < 4.78 is 23.4. The van der Waals surface area contributed by atoms with Gasteiger partial charge in [0.2, 0.25) is 11.5 Å². The SMILES string of the molecule is COc1c(OC)c(OC(C)=O)c2cc(Br)ccc2c1OCCCC(C)C. The molecule has 0 aliphatic heterocycles. The Morgan fingerprint density at radius 1 is 1.04 bits per heavy atom. The van der Waals surface area contributed by atoms with Crippen molar-refractivity contribution in [2.45, 2.75) is 33.6 Å². The summed E-state index contributed by atoms with van der Waals surface area (Å²) in [7, 11) is 3.05. The molecule has 142 valence electrons. The molecule has 0 unspecified atom stereocenters. The number of methoxy groups -OCH3 is 2. The van der Waals surface area contributed by atoms with E-state index in [-0.39, 0.29) is 0 Å². The molecule has 0 N–H and O–H groups in total. The Kier molecular flexibility index (Phi) is 7.14. The first-order valence-corrected chi connectivity index (χ1v) is 9.36. The molecule has 0 aliphatic carbocycles. The lowest BCUT2D eigenvalue weighted by atomic mass is 10.1. The van der Waals surface area contributed by atoms with Crippen molar-refractivity contribution in [3.05, 3.63) is 22.7 Å². The minimum Gasteiger partial charge on any atom is -0.490 e.